The first-order valence-corrected chi connectivity index (χ1v) is 3.94. The molecular weight excluding hydrogens is 170 g/mol. The molecule has 0 saturated heterocycles. The van der Waals surface area contributed by atoms with Gasteiger partial charge in [-0.05, 0) is 6.08 Å². The van der Waals surface area contributed by atoms with E-state index in [-0.39, 0.29) is 22.6 Å². The number of hydrogen-bond donors (Lipinski definition) is 2. The summed E-state index contributed by atoms with van der Waals surface area (Å²) in [6.45, 7) is 0. The minimum atomic E-state index is -0.374. The number of fused-ring (bicyclic) bond motifs is 1. The van der Waals surface area contributed by atoms with Gasteiger partial charge in [0.15, 0.2) is 0 Å². The highest BCUT2D eigenvalue weighted by atomic mass is 16.6. The molecule has 1 heterocycles. The zero-order chi connectivity index (χ0) is 9.42. The SMILES string of the molecule is NC1=CC=CC2C([N+](=O)[O-])=CNC12. The Morgan fingerprint density at radius 3 is 3.08 bits per heavy atom. The molecule has 0 aromatic heterocycles. The van der Waals surface area contributed by atoms with Crippen LogP contribution in [-0.2, 0) is 0 Å². The number of hydrogen-bond acceptors (Lipinski definition) is 4. The highest BCUT2D eigenvalue weighted by molar-refractivity contribution is 5.32. The van der Waals surface area contributed by atoms with Crippen molar-refractivity contribution in [2.24, 2.45) is 11.7 Å². The summed E-state index contributed by atoms with van der Waals surface area (Å²) in [6.07, 6.45) is 6.72. The summed E-state index contributed by atoms with van der Waals surface area (Å²) in [5.74, 6) is -0.222. The van der Waals surface area contributed by atoms with Gasteiger partial charge in [-0.15, -0.1) is 0 Å². The molecule has 2 atom stereocenters. The molecule has 0 amide bonds. The van der Waals surface area contributed by atoms with Crippen LogP contribution in [0.2, 0.25) is 0 Å². The van der Waals surface area contributed by atoms with Crippen molar-refractivity contribution in [1.29, 1.82) is 0 Å². The van der Waals surface area contributed by atoms with Crippen molar-refractivity contribution in [3.63, 3.8) is 0 Å². The Bertz CT molecular complexity index is 343. The van der Waals surface area contributed by atoms with Gasteiger partial charge in [-0.25, -0.2) is 0 Å². The van der Waals surface area contributed by atoms with E-state index in [2.05, 4.69) is 5.32 Å². The van der Waals surface area contributed by atoms with Crippen LogP contribution in [0.3, 0.4) is 0 Å². The average Bonchev–Trinajstić information content (AvgIpc) is 2.48. The normalized spacial score (nSPS) is 30.2. The van der Waals surface area contributed by atoms with Gasteiger partial charge in [-0.2, -0.15) is 0 Å². The van der Waals surface area contributed by atoms with Gasteiger partial charge >= 0.3 is 0 Å². The first-order valence-electron chi connectivity index (χ1n) is 3.94. The largest absolute Gasteiger partial charge is 0.400 e. The fourth-order valence-corrected chi connectivity index (χ4v) is 1.62. The standard InChI is InChI=1S/C8H9N3O2/c9-6-3-1-2-5-7(11(12)13)4-10-8(5)6/h1-5,8,10H,9H2. The van der Waals surface area contributed by atoms with Crippen molar-refractivity contribution in [3.8, 4) is 0 Å². The summed E-state index contributed by atoms with van der Waals surface area (Å²) < 4.78 is 0. The second-order valence-corrected chi connectivity index (χ2v) is 3.05. The van der Waals surface area contributed by atoms with Gasteiger partial charge in [0, 0.05) is 5.70 Å². The molecule has 5 nitrogen and oxygen atoms in total. The maximum absolute atomic E-state index is 10.6. The molecule has 1 aliphatic heterocycles. The van der Waals surface area contributed by atoms with E-state index in [1.54, 1.807) is 18.2 Å². The van der Waals surface area contributed by atoms with Crippen molar-refractivity contribution < 1.29 is 4.92 Å². The lowest BCUT2D eigenvalue weighted by atomic mass is 9.93. The Labute approximate surface area is 74.8 Å². The topological polar surface area (TPSA) is 81.2 Å². The third kappa shape index (κ3) is 1.09. The van der Waals surface area contributed by atoms with E-state index in [1.807, 2.05) is 0 Å². The molecule has 0 saturated carbocycles. The molecule has 0 aromatic rings. The number of nitro groups is 1. The zero-order valence-electron chi connectivity index (χ0n) is 6.81. The smallest absolute Gasteiger partial charge is 0.270 e. The van der Waals surface area contributed by atoms with Crippen LogP contribution in [0, 0.1) is 16.0 Å². The van der Waals surface area contributed by atoms with Crippen LogP contribution in [0.25, 0.3) is 0 Å². The van der Waals surface area contributed by atoms with Crippen molar-refractivity contribution in [2.45, 2.75) is 6.04 Å². The van der Waals surface area contributed by atoms with Crippen LogP contribution in [-0.4, -0.2) is 11.0 Å². The first kappa shape index (κ1) is 7.85. The molecular formula is C8H9N3O2. The second-order valence-electron chi connectivity index (χ2n) is 3.05. The minimum absolute atomic E-state index is 0.134. The van der Waals surface area contributed by atoms with E-state index in [4.69, 9.17) is 5.73 Å². The van der Waals surface area contributed by atoms with Gasteiger partial charge in [-0.1, -0.05) is 12.2 Å². The quantitative estimate of drug-likeness (QED) is 0.442. The number of nitrogens with one attached hydrogen (secondary N) is 1. The van der Waals surface area contributed by atoms with Gasteiger partial charge < -0.3 is 11.1 Å². The fourth-order valence-electron chi connectivity index (χ4n) is 1.62. The summed E-state index contributed by atoms with van der Waals surface area (Å²) in [5, 5.41) is 13.5. The Kier molecular flexibility index (Phi) is 1.58. The van der Waals surface area contributed by atoms with Gasteiger partial charge in [0.25, 0.3) is 5.70 Å². The Morgan fingerprint density at radius 1 is 1.62 bits per heavy atom. The van der Waals surface area contributed by atoms with E-state index in [0.29, 0.717) is 5.70 Å². The summed E-state index contributed by atoms with van der Waals surface area (Å²) in [7, 11) is 0. The molecule has 3 N–H and O–H groups in total. The maximum Gasteiger partial charge on any atom is 0.270 e. The van der Waals surface area contributed by atoms with Crippen LogP contribution in [0.15, 0.2) is 35.8 Å². The molecule has 2 aliphatic rings. The molecule has 0 fully saturated rings. The van der Waals surface area contributed by atoms with Crippen molar-refractivity contribution >= 4 is 0 Å². The first-order chi connectivity index (χ1) is 6.20. The van der Waals surface area contributed by atoms with E-state index in [1.165, 1.54) is 6.20 Å². The zero-order valence-corrected chi connectivity index (χ0v) is 6.81. The minimum Gasteiger partial charge on any atom is -0.400 e. The van der Waals surface area contributed by atoms with Gasteiger partial charge in [0.1, 0.15) is 0 Å². The Morgan fingerprint density at radius 2 is 2.38 bits per heavy atom. The number of nitrogens with two attached hydrogens (primary N) is 1. The highest BCUT2D eigenvalue weighted by Gasteiger charge is 2.37. The molecule has 0 bridgehead atoms. The molecule has 2 unspecified atom stereocenters. The fraction of sp³-hybridized carbons (Fsp3) is 0.250. The van der Waals surface area contributed by atoms with E-state index >= 15 is 0 Å². The van der Waals surface area contributed by atoms with Crippen molar-refractivity contribution in [1.82, 2.24) is 5.32 Å². The lowest BCUT2D eigenvalue weighted by molar-refractivity contribution is -0.431. The molecule has 68 valence electrons. The predicted octanol–water partition coefficient (Wildman–Crippen LogP) is 0.105. The van der Waals surface area contributed by atoms with E-state index < -0.39 is 0 Å². The third-order valence-electron chi connectivity index (χ3n) is 2.29. The lowest BCUT2D eigenvalue weighted by Gasteiger charge is -2.19. The van der Waals surface area contributed by atoms with E-state index in [0.717, 1.165) is 0 Å². The molecule has 0 aromatic carbocycles. The summed E-state index contributed by atoms with van der Waals surface area (Å²) in [4.78, 5) is 10.2. The van der Waals surface area contributed by atoms with Crippen LogP contribution in [0.1, 0.15) is 0 Å². The highest BCUT2D eigenvalue weighted by Crippen LogP contribution is 2.28. The molecule has 13 heavy (non-hydrogen) atoms. The maximum atomic E-state index is 10.6. The Hall–Kier alpha value is -1.78. The molecule has 0 radical (unpaired) electrons. The van der Waals surface area contributed by atoms with Crippen LogP contribution < -0.4 is 11.1 Å². The monoisotopic (exact) mass is 179 g/mol. The van der Waals surface area contributed by atoms with Gasteiger partial charge in [0.2, 0.25) is 0 Å². The Balaban J connectivity index is 2.29. The van der Waals surface area contributed by atoms with Gasteiger partial charge in [0.05, 0.1) is 23.1 Å². The number of rotatable bonds is 1. The molecule has 0 spiro atoms. The lowest BCUT2D eigenvalue weighted by Crippen LogP contribution is -2.34. The van der Waals surface area contributed by atoms with Crippen LogP contribution in [0.5, 0.6) is 0 Å². The molecule has 2 rings (SSSR count). The summed E-state index contributed by atoms with van der Waals surface area (Å²) in [5.41, 5.74) is 6.49. The third-order valence-corrected chi connectivity index (χ3v) is 2.29. The van der Waals surface area contributed by atoms with Crippen molar-refractivity contribution in [2.75, 3.05) is 0 Å². The van der Waals surface area contributed by atoms with Crippen molar-refractivity contribution in [3.05, 3.63) is 45.9 Å². The number of nitrogens with zero attached hydrogens (tertiary/aromatic N) is 1. The predicted molar refractivity (Wildman–Crippen MR) is 46.9 cm³/mol. The van der Waals surface area contributed by atoms with E-state index in [9.17, 15) is 10.1 Å². The molecule has 1 aliphatic carbocycles. The van der Waals surface area contributed by atoms with Crippen LogP contribution >= 0.6 is 0 Å². The summed E-state index contributed by atoms with van der Waals surface area (Å²) in [6, 6.07) is -0.134. The summed E-state index contributed by atoms with van der Waals surface area (Å²) >= 11 is 0. The van der Waals surface area contributed by atoms with Gasteiger partial charge in [-0.3, -0.25) is 10.1 Å². The van der Waals surface area contributed by atoms with Crippen LogP contribution in [0.4, 0.5) is 0 Å². The molecule has 5 heteroatoms. The number of allylic oxidation sites excluding steroid dienone is 2. The second kappa shape index (κ2) is 2.62. The average molecular weight is 179 g/mol.